The van der Waals surface area contributed by atoms with Crippen LogP contribution in [0.2, 0.25) is 0 Å². The number of rotatable bonds is 4. The first kappa shape index (κ1) is 13.0. The summed E-state index contributed by atoms with van der Waals surface area (Å²) in [6, 6.07) is 7.19. The SMILES string of the molecule is CC(=O)Nc1ccc(NCC(=O)N(C)C)cc1. The highest BCUT2D eigenvalue weighted by Crippen LogP contribution is 2.13. The summed E-state index contributed by atoms with van der Waals surface area (Å²) in [5.41, 5.74) is 1.58. The second-order valence-corrected chi connectivity index (χ2v) is 3.90. The van der Waals surface area contributed by atoms with E-state index in [1.165, 1.54) is 11.8 Å². The van der Waals surface area contributed by atoms with Crippen molar-refractivity contribution in [2.75, 3.05) is 31.3 Å². The molecule has 0 radical (unpaired) electrons. The van der Waals surface area contributed by atoms with Gasteiger partial charge in [-0.3, -0.25) is 9.59 Å². The minimum absolute atomic E-state index is 0.0101. The minimum atomic E-state index is -0.103. The van der Waals surface area contributed by atoms with E-state index in [1.54, 1.807) is 26.2 Å². The number of carbonyl (C=O) groups is 2. The maximum atomic E-state index is 11.3. The van der Waals surface area contributed by atoms with Crippen molar-refractivity contribution in [2.45, 2.75) is 6.92 Å². The van der Waals surface area contributed by atoms with Gasteiger partial charge < -0.3 is 15.5 Å². The molecule has 0 aliphatic heterocycles. The normalized spacial score (nSPS) is 9.59. The van der Waals surface area contributed by atoms with Crippen LogP contribution in [0.15, 0.2) is 24.3 Å². The number of amides is 2. The second-order valence-electron chi connectivity index (χ2n) is 3.90. The molecular weight excluding hydrogens is 218 g/mol. The summed E-state index contributed by atoms with van der Waals surface area (Å²) in [4.78, 5) is 23.7. The molecule has 0 aliphatic carbocycles. The lowest BCUT2D eigenvalue weighted by Gasteiger charge is -2.12. The molecule has 5 heteroatoms. The maximum absolute atomic E-state index is 11.3. The number of hydrogen-bond donors (Lipinski definition) is 2. The number of hydrogen-bond acceptors (Lipinski definition) is 3. The molecule has 0 bridgehead atoms. The second kappa shape index (κ2) is 5.89. The summed E-state index contributed by atoms with van der Waals surface area (Å²) in [5, 5.41) is 5.68. The minimum Gasteiger partial charge on any atom is -0.376 e. The van der Waals surface area contributed by atoms with Crippen LogP contribution in [0.3, 0.4) is 0 Å². The maximum Gasteiger partial charge on any atom is 0.241 e. The Hall–Kier alpha value is -2.04. The van der Waals surface area contributed by atoms with Crippen LogP contribution in [0.5, 0.6) is 0 Å². The van der Waals surface area contributed by atoms with E-state index in [4.69, 9.17) is 0 Å². The number of anilines is 2. The third-order valence-corrected chi connectivity index (χ3v) is 2.15. The molecule has 2 amide bonds. The molecule has 0 spiro atoms. The fourth-order valence-corrected chi connectivity index (χ4v) is 1.21. The van der Waals surface area contributed by atoms with E-state index in [9.17, 15) is 9.59 Å². The van der Waals surface area contributed by atoms with Crippen molar-refractivity contribution in [3.05, 3.63) is 24.3 Å². The third-order valence-electron chi connectivity index (χ3n) is 2.15. The fraction of sp³-hybridized carbons (Fsp3) is 0.333. The first-order valence-corrected chi connectivity index (χ1v) is 5.30. The Labute approximate surface area is 101 Å². The Morgan fingerprint density at radius 2 is 1.65 bits per heavy atom. The van der Waals surface area contributed by atoms with Gasteiger partial charge in [0, 0.05) is 32.4 Å². The van der Waals surface area contributed by atoms with E-state index < -0.39 is 0 Å². The van der Waals surface area contributed by atoms with Gasteiger partial charge >= 0.3 is 0 Å². The van der Waals surface area contributed by atoms with Crippen LogP contribution in [0, 0.1) is 0 Å². The molecule has 1 aromatic rings. The van der Waals surface area contributed by atoms with Crippen LogP contribution in [0.25, 0.3) is 0 Å². The standard InChI is InChI=1S/C12H17N3O2/c1-9(16)14-11-6-4-10(5-7-11)13-8-12(17)15(2)3/h4-7,13H,8H2,1-3H3,(H,14,16). The first-order chi connectivity index (χ1) is 7.99. The predicted octanol–water partition coefficient (Wildman–Crippen LogP) is 1.15. The van der Waals surface area contributed by atoms with Crippen LogP contribution in [0.1, 0.15) is 6.92 Å². The van der Waals surface area contributed by atoms with E-state index in [0.29, 0.717) is 0 Å². The lowest BCUT2D eigenvalue weighted by atomic mass is 10.2. The Kier molecular flexibility index (Phi) is 4.51. The van der Waals surface area contributed by atoms with Crippen molar-refractivity contribution in [3.8, 4) is 0 Å². The molecule has 0 aromatic heterocycles. The lowest BCUT2D eigenvalue weighted by molar-refractivity contribution is -0.126. The van der Waals surface area contributed by atoms with Crippen LogP contribution in [0.4, 0.5) is 11.4 Å². The number of nitrogens with zero attached hydrogens (tertiary/aromatic N) is 1. The van der Waals surface area contributed by atoms with Gasteiger partial charge in [0.1, 0.15) is 0 Å². The predicted molar refractivity (Wildman–Crippen MR) is 67.9 cm³/mol. The average molecular weight is 235 g/mol. The molecule has 0 saturated heterocycles. The number of benzene rings is 1. The van der Waals surface area contributed by atoms with Crippen molar-refractivity contribution >= 4 is 23.2 Å². The highest BCUT2D eigenvalue weighted by Gasteiger charge is 2.03. The number of nitrogens with one attached hydrogen (secondary N) is 2. The molecule has 0 fully saturated rings. The molecule has 17 heavy (non-hydrogen) atoms. The van der Waals surface area contributed by atoms with Crippen LogP contribution >= 0.6 is 0 Å². The van der Waals surface area contributed by atoms with E-state index in [0.717, 1.165) is 11.4 Å². The van der Waals surface area contributed by atoms with Gasteiger partial charge in [0.2, 0.25) is 11.8 Å². The molecule has 0 aliphatic rings. The first-order valence-electron chi connectivity index (χ1n) is 5.30. The number of likely N-dealkylation sites (N-methyl/N-ethyl adjacent to an activating group) is 1. The zero-order chi connectivity index (χ0) is 12.8. The molecule has 1 rings (SSSR count). The molecule has 0 saturated carbocycles. The van der Waals surface area contributed by atoms with E-state index in [2.05, 4.69) is 10.6 Å². The molecule has 0 unspecified atom stereocenters. The molecule has 92 valence electrons. The molecule has 2 N–H and O–H groups in total. The summed E-state index contributed by atoms with van der Waals surface area (Å²) in [5.74, 6) is -0.0931. The van der Waals surface area contributed by atoms with Crippen molar-refractivity contribution in [3.63, 3.8) is 0 Å². The molecule has 0 atom stereocenters. The zero-order valence-corrected chi connectivity index (χ0v) is 10.3. The molecule has 1 aromatic carbocycles. The van der Waals surface area contributed by atoms with Gasteiger partial charge in [0.25, 0.3) is 0 Å². The Morgan fingerprint density at radius 3 is 2.12 bits per heavy atom. The summed E-state index contributed by atoms with van der Waals surface area (Å²) in [6.07, 6.45) is 0. The van der Waals surface area contributed by atoms with Gasteiger partial charge in [0.05, 0.1) is 6.54 Å². The van der Waals surface area contributed by atoms with Crippen LogP contribution < -0.4 is 10.6 Å². The van der Waals surface area contributed by atoms with Crippen molar-refractivity contribution in [1.82, 2.24) is 4.90 Å². The zero-order valence-electron chi connectivity index (χ0n) is 10.3. The summed E-state index contributed by atoms with van der Waals surface area (Å²) in [6.45, 7) is 1.72. The summed E-state index contributed by atoms with van der Waals surface area (Å²) < 4.78 is 0. The van der Waals surface area contributed by atoms with E-state index >= 15 is 0 Å². The number of carbonyl (C=O) groups excluding carboxylic acids is 2. The highest BCUT2D eigenvalue weighted by molar-refractivity contribution is 5.88. The molecular formula is C12H17N3O2. The van der Waals surface area contributed by atoms with Crippen molar-refractivity contribution < 1.29 is 9.59 Å². The van der Waals surface area contributed by atoms with Gasteiger partial charge in [-0.2, -0.15) is 0 Å². The van der Waals surface area contributed by atoms with Gasteiger partial charge in [-0.1, -0.05) is 0 Å². The Morgan fingerprint density at radius 1 is 1.12 bits per heavy atom. The van der Waals surface area contributed by atoms with E-state index in [-0.39, 0.29) is 18.4 Å². The molecule has 5 nitrogen and oxygen atoms in total. The van der Waals surface area contributed by atoms with Gasteiger partial charge in [-0.25, -0.2) is 0 Å². The Balaban J connectivity index is 2.51. The van der Waals surface area contributed by atoms with Crippen molar-refractivity contribution in [1.29, 1.82) is 0 Å². The van der Waals surface area contributed by atoms with Gasteiger partial charge in [-0.05, 0) is 24.3 Å². The molecule has 0 heterocycles. The van der Waals surface area contributed by atoms with Crippen molar-refractivity contribution in [2.24, 2.45) is 0 Å². The van der Waals surface area contributed by atoms with Crippen LogP contribution in [-0.2, 0) is 9.59 Å². The fourth-order valence-electron chi connectivity index (χ4n) is 1.21. The largest absolute Gasteiger partial charge is 0.376 e. The average Bonchev–Trinajstić information content (AvgIpc) is 2.26. The smallest absolute Gasteiger partial charge is 0.241 e. The topological polar surface area (TPSA) is 61.4 Å². The summed E-state index contributed by atoms with van der Waals surface area (Å²) >= 11 is 0. The lowest BCUT2D eigenvalue weighted by Crippen LogP contribution is -2.28. The highest BCUT2D eigenvalue weighted by atomic mass is 16.2. The summed E-state index contributed by atoms with van der Waals surface area (Å²) in [7, 11) is 3.42. The third kappa shape index (κ3) is 4.55. The Bertz CT molecular complexity index is 399. The van der Waals surface area contributed by atoms with Gasteiger partial charge in [0.15, 0.2) is 0 Å². The van der Waals surface area contributed by atoms with E-state index in [1.807, 2.05) is 12.1 Å². The monoisotopic (exact) mass is 235 g/mol. The van der Waals surface area contributed by atoms with Crippen LogP contribution in [-0.4, -0.2) is 37.4 Å². The quantitative estimate of drug-likeness (QED) is 0.822. The van der Waals surface area contributed by atoms with Gasteiger partial charge in [-0.15, -0.1) is 0 Å².